The first kappa shape index (κ1) is 28.1. The van der Waals surface area contributed by atoms with Gasteiger partial charge in [-0.3, -0.25) is 9.36 Å². The van der Waals surface area contributed by atoms with Crippen LogP contribution < -0.4 is 0 Å². The van der Waals surface area contributed by atoms with E-state index in [0.717, 1.165) is 10.5 Å². The molecule has 3 atom stereocenters. The lowest BCUT2D eigenvalue weighted by Crippen LogP contribution is -2.45. The van der Waals surface area contributed by atoms with E-state index < -0.39 is 34.8 Å². The molecule has 0 radical (unpaired) electrons. The third-order valence-electron chi connectivity index (χ3n) is 6.10. The number of imide groups is 1. The second kappa shape index (κ2) is 10.1. The van der Waals surface area contributed by atoms with Crippen molar-refractivity contribution in [1.29, 1.82) is 0 Å². The number of aromatic nitrogens is 3. The quantitative estimate of drug-likeness (QED) is 0.540. The summed E-state index contributed by atoms with van der Waals surface area (Å²) in [6.07, 6.45) is 4.34. The Balaban J connectivity index is 1.74. The highest BCUT2D eigenvalue weighted by molar-refractivity contribution is 5.88. The maximum Gasteiger partial charge on any atom is 0.419 e. The summed E-state index contributed by atoms with van der Waals surface area (Å²) >= 11 is 0. The molecule has 0 saturated heterocycles. The molecule has 2 heterocycles. The molecule has 202 valence electrons. The first-order valence-corrected chi connectivity index (χ1v) is 12.5. The number of imidazole rings is 1. The summed E-state index contributed by atoms with van der Waals surface area (Å²) in [5, 5.41) is 10.1. The highest BCUT2D eigenvalue weighted by Crippen LogP contribution is 2.57. The molecule has 2 aromatic rings. The summed E-state index contributed by atoms with van der Waals surface area (Å²) in [7, 11) is 0. The highest BCUT2D eigenvalue weighted by atomic mass is 16.6. The molecule has 3 rings (SSSR count). The minimum Gasteiger partial charge on any atom is -0.481 e. The van der Waals surface area contributed by atoms with E-state index >= 15 is 0 Å². The smallest absolute Gasteiger partial charge is 0.419 e. The Morgan fingerprint density at radius 2 is 1.70 bits per heavy atom. The lowest BCUT2D eigenvalue weighted by molar-refractivity contribution is -0.140. The molecule has 0 unspecified atom stereocenters. The molecule has 2 amide bonds. The Morgan fingerprint density at radius 1 is 1.11 bits per heavy atom. The third-order valence-corrected chi connectivity index (χ3v) is 6.10. The van der Waals surface area contributed by atoms with Crippen molar-refractivity contribution in [3.8, 4) is 5.82 Å². The van der Waals surface area contributed by atoms with Crippen molar-refractivity contribution < 1.29 is 29.0 Å². The average Bonchev–Trinajstić information content (AvgIpc) is 3.24. The zero-order valence-corrected chi connectivity index (χ0v) is 22.9. The van der Waals surface area contributed by atoms with E-state index in [9.17, 15) is 19.5 Å². The zero-order chi connectivity index (χ0) is 27.8. The maximum absolute atomic E-state index is 12.8. The number of hydrogen-bond donors (Lipinski definition) is 1. The van der Waals surface area contributed by atoms with E-state index in [2.05, 4.69) is 9.97 Å². The zero-order valence-electron chi connectivity index (χ0n) is 22.9. The minimum absolute atomic E-state index is 0.0394. The molecule has 0 aromatic carbocycles. The molecule has 1 N–H and O–H groups in total. The number of carbonyl (C=O) groups is 3. The summed E-state index contributed by atoms with van der Waals surface area (Å²) in [6, 6.07) is 3.78. The molecule has 37 heavy (non-hydrogen) atoms. The van der Waals surface area contributed by atoms with Crippen molar-refractivity contribution in [2.45, 2.75) is 84.8 Å². The van der Waals surface area contributed by atoms with Crippen LogP contribution in [0.15, 0.2) is 30.9 Å². The first-order valence-electron chi connectivity index (χ1n) is 12.5. The maximum atomic E-state index is 12.8. The number of aryl methyl sites for hydroxylation is 1. The Bertz CT molecular complexity index is 1120. The van der Waals surface area contributed by atoms with Crippen LogP contribution in [-0.4, -0.2) is 60.4 Å². The second-order valence-electron chi connectivity index (χ2n) is 11.9. The van der Waals surface area contributed by atoms with Crippen LogP contribution in [0.1, 0.15) is 72.6 Å². The topological polar surface area (TPSA) is 124 Å². The minimum atomic E-state index is -1.12. The van der Waals surface area contributed by atoms with Gasteiger partial charge in [-0.05, 0) is 84.8 Å². The fraction of sp³-hybridized carbons (Fsp3) is 0.593. The van der Waals surface area contributed by atoms with Crippen LogP contribution in [0.5, 0.6) is 0 Å². The van der Waals surface area contributed by atoms with Crippen LogP contribution in [0.3, 0.4) is 0 Å². The van der Waals surface area contributed by atoms with E-state index in [1.165, 1.54) is 0 Å². The molecule has 2 aromatic heterocycles. The summed E-state index contributed by atoms with van der Waals surface area (Å²) < 4.78 is 12.6. The van der Waals surface area contributed by atoms with E-state index in [1.54, 1.807) is 64.8 Å². The Kier molecular flexibility index (Phi) is 7.72. The van der Waals surface area contributed by atoms with Crippen LogP contribution in [-0.2, 0) is 19.7 Å². The number of pyridine rings is 1. The van der Waals surface area contributed by atoms with Crippen molar-refractivity contribution in [1.82, 2.24) is 19.4 Å². The Morgan fingerprint density at radius 3 is 2.19 bits per heavy atom. The van der Waals surface area contributed by atoms with Crippen LogP contribution in [0.4, 0.5) is 9.59 Å². The number of aliphatic carboxylic acids is 1. The number of amides is 2. The van der Waals surface area contributed by atoms with Crippen LogP contribution in [0.2, 0.25) is 0 Å². The van der Waals surface area contributed by atoms with E-state index in [-0.39, 0.29) is 18.4 Å². The third kappa shape index (κ3) is 6.87. The summed E-state index contributed by atoms with van der Waals surface area (Å²) in [4.78, 5) is 47.8. The van der Waals surface area contributed by atoms with Gasteiger partial charge in [0, 0.05) is 18.9 Å². The van der Waals surface area contributed by atoms with E-state index in [4.69, 9.17) is 9.47 Å². The normalized spacial score (nSPS) is 20.2. The van der Waals surface area contributed by atoms with Crippen molar-refractivity contribution >= 4 is 18.2 Å². The van der Waals surface area contributed by atoms with Crippen LogP contribution in [0.25, 0.3) is 5.82 Å². The molecular weight excluding hydrogens is 476 g/mol. The lowest BCUT2D eigenvalue weighted by atomic mass is 9.94. The molecule has 10 nitrogen and oxygen atoms in total. The number of nitrogens with zero attached hydrogens (tertiary/aromatic N) is 4. The predicted molar refractivity (Wildman–Crippen MR) is 136 cm³/mol. The largest absolute Gasteiger partial charge is 0.481 e. The number of carboxylic acid groups (broad SMARTS) is 1. The van der Waals surface area contributed by atoms with E-state index in [1.807, 2.05) is 26.0 Å². The number of carboxylic acids is 1. The Hall–Kier alpha value is -3.43. The van der Waals surface area contributed by atoms with Crippen molar-refractivity contribution in [2.24, 2.45) is 11.8 Å². The van der Waals surface area contributed by atoms with Gasteiger partial charge in [0.2, 0.25) is 0 Å². The number of carbonyl (C=O) groups excluding carboxylic acids is 2. The van der Waals surface area contributed by atoms with Gasteiger partial charge < -0.3 is 14.6 Å². The summed E-state index contributed by atoms with van der Waals surface area (Å²) in [5.41, 5.74) is -1.21. The average molecular weight is 515 g/mol. The summed E-state index contributed by atoms with van der Waals surface area (Å²) in [5.74, 6) is -0.690. The van der Waals surface area contributed by atoms with Crippen LogP contribution >= 0.6 is 0 Å². The predicted octanol–water partition coefficient (Wildman–Crippen LogP) is 5.12. The number of rotatable bonds is 7. The molecular formula is C27H38N4O6. The molecule has 1 aliphatic rings. The first-order chi connectivity index (χ1) is 17.0. The van der Waals surface area contributed by atoms with Gasteiger partial charge >= 0.3 is 18.2 Å². The molecule has 0 spiro atoms. The standard InChI is InChI=1S/C27H38N4O6/c1-17-9-10-21(28-13-17)30-15-20(29-16-30)27(22(32)33)12-19(27)11-18(2)14-31(23(34)36-25(3,4)5)24(35)37-26(6,7)8/h9-10,13,15-16,18-19H,11-12,14H2,1-8H3,(H,32,33)/t18-,19-,27+/m1/s1. The molecule has 0 aliphatic heterocycles. The van der Waals surface area contributed by atoms with Crippen molar-refractivity contribution in [3.05, 3.63) is 42.1 Å². The molecule has 0 bridgehead atoms. The fourth-order valence-corrected chi connectivity index (χ4v) is 4.32. The SMILES string of the molecule is Cc1ccc(-n2cnc([C@]3(C(=O)O)C[C@H]3C[C@@H](C)CN(C(=O)OC(C)(C)C)C(=O)OC(C)(C)C)c2)nc1. The Labute approximate surface area is 218 Å². The molecule has 1 saturated carbocycles. The monoisotopic (exact) mass is 514 g/mol. The second-order valence-corrected chi connectivity index (χ2v) is 11.9. The van der Waals surface area contributed by atoms with Gasteiger partial charge in [0.1, 0.15) is 28.8 Å². The number of hydrogen-bond acceptors (Lipinski definition) is 7. The summed E-state index contributed by atoms with van der Waals surface area (Å²) in [6.45, 7) is 14.2. The fourth-order valence-electron chi connectivity index (χ4n) is 4.32. The van der Waals surface area contributed by atoms with Gasteiger partial charge in [0.25, 0.3) is 0 Å². The van der Waals surface area contributed by atoms with Gasteiger partial charge in [-0.25, -0.2) is 24.5 Å². The molecule has 1 fully saturated rings. The van der Waals surface area contributed by atoms with Gasteiger partial charge in [-0.15, -0.1) is 0 Å². The number of ether oxygens (including phenoxy) is 2. The highest BCUT2D eigenvalue weighted by Gasteiger charge is 2.63. The van der Waals surface area contributed by atoms with Gasteiger partial charge in [0.15, 0.2) is 0 Å². The van der Waals surface area contributed by atoms with Crippen molar-refractivity contribution in [2.75, 3.05) is 6.54 Å². The molecule has 10 heteroatoms. The van der Waals surface area contributed by atoms with Crippen LogP contribution in [0, 0.1) is 18.8 Å². The lowest BCUT2D eigenvalue weighted by Gasteiger charge is -2.30. The van der Waals surface area contributed by atoms with Crippen molar-refractivity contribution in [3.63, 3.8) is 0 Å². The molecule has 1 aliphatic carbocycles. The van der Waals surface area contributed by atoms with E-state index in [0.29, 0.717) is 24.4 Å². The van der Waals surface area contributed by atoms with Gasteiger partial charge in [-0.2, -0.15) is 0 Å². The van der Waals surface area contributed by atoms with Gasteiger partial charge in [0.05, 0.1) is 5.69 Å². The van der Waals surface area contributed by atoms with Gasteiger partial charge in [-0.1, -0.05) is 13.0 Å².